The van der Waals surface area contributed by atoms with Crippen molar-refractivity contribution >= 4 is 0 Å². The first-order valence-electron chi connectivity index (χ1n) is 8.70. The van der Waals surface area contributed by atoms with Gasteiger partial charge in [-0.3, -0.25) is 0 Å². The van der Waals surface area contributed by atoms with Gasteiger partial charge in [0, 0.05) is 6.04 Å². The second-order valence-corrected chi connectivity index (χ2v) is 6.76. The van der Waals surface area contributed by atoms with Gasteiger partial charge in [0.15, 0.2) is 0 Å². The Bertz CT molecular complexity index is 459. The molecule has 2 heteroatoms. The van der Waals surface area contributed by atoms with Crippen LogP contribution in [0.1, 0.15) is 56.3 Å². The number of fused-ring (bicyclic) bond motifs is 1. The maximum absolute atomic E-state index is 6.22. The first-order chi connectivity index (χ1) is 10.3. The van der Waals surface area contributed by atoms with E-state index in [1.54, 1.807) is 0 Å². The Labute approximate surface area is 129 Å². The van der Waals surface area contributed by atoms with Gasteiger partial charge in [-0.2, -0.15) is 0 Å². The van der Waals surface area contributed by atoms with Gasteiger partial charge >= 0.3 is 0 Å². The molecule has 0 radical (unpaired) electrons. The van der Waals surface area contributed by atoms with Crippen LogP contribution in [0.4, 0.5) is 0 Å². The van der Waals surface area contributed by atoms with Gasteiger partial charge in [-0.15, -0.1) is 0 Å². The van der Waals surface area contributed by atoms with Crippen LogP contribution in [-0.4, -0.2) is 19.7 Å². The van der Waals surface area contributed by atoms with E-state index in [2.05, 4.69) is 43.6 Å². The van der Waals surface area contributed by atoms with Crippen LogP contribution in [0.15, 0.2) is 24.3 Å². The van der Waals surface area contributed by atoms with Crippen molar-refractivity contribution in [1.29, 1.82) is 0 Å². The van der Waals surface area contributed by atoms with Crippen LogP contribution in [0.2, 0.25) is 0 Å². The third-order valence-corrected chi connectivity index (χ3v) is 5.60. The van der Waals surface area contributed by atoms with Crippen LogP contribution in [0.25, 0.3) is 0 Å². The van der Waals surface area contributed by atoms with E-state index in [0.717, 1.165) is 24.9 Å². The average Bonchev–Trinajstić information content (AvgIpc) is 2.56. The Morgan fingerprint density at radius 3 is 2.95 bits per heavy atom. The van der Waals surface area contributed by atoms with Crippen LogP contribution < -0.4 is 5.32 Å². The number of rotatable bonds is 4. The molecule has 1 saturated carbocycles. The summed E-state index contributed by atoms with van der Waals surface area (Å²) in [5.74, 6) is 1.67. The third-order valence-electron chi connectivity index (χ3n) is 5.60. The average molecular weight is 287 g/mol. The first kappa shape index (κ1) is 15.1. The summed E-state index contributed by atoms with van der Waals surface area (Å²) in [7, 11) is 2.11. The van der Waals surface area contributed by atoms with E-state index in [1.807, 2.05) is 0 Å². The van der Waals surface area contributed by atoms with Gasteiger partial charge in [0.1, 0.15) is 0 Å². The second kappa shape index (κ2) is 6.93. The van der Waals surface area contributed by atoms with Crippen LogP contribution in [0, 0.1) is 11.8 Å². The van der Waals surface area contributed by atoms with Gasteiger partial charge in [-0.05, 0) is 49.3 Å². The lowest BCUT2D eigenvalue weighted by atomic mass is 9.74. The molecule has 0 amide bonds. The monoisotopic (exact) mass is 287 g/mol. The fourth-order valence-corrected chi connectivity index (χ4v) is 4.39. The molecular weight excluding hydrogens is 258 g/mol. The van der Waals surface area contributed by atoms with Crippen molar-refractivity contribution in [2.45, 2.75) is 57.6 Å². The highest BCUT2D eigenvalue weighted by atomic mass is 16.5. The standard InChI is InChI=1S/C19H29NO/c1-3-14-7-6-9-16(13-14)18(20-2)19-17-10-5-4-8-15(17)11-12-21-19/h4-5,8,10,14,16,18-20H,3,6-7,9,11-13H2,1-2H3. The summed E-state index contributed by atoms with van der Waals surface area (Å²) < 4.78 is 6.22. The molecule has 1 heterocycles. The number of likely N-dealkylation sites (N-methyl/N-ethyl adjacent to an activating group) is 1. The Kier molecular flexibility index (Phi) is 4.97. The Morgan fingerprint density at radius 1 is 1.29 bits per heavy atom. The molecule has 1 aromatic rings. The molecule has 0 spiro atoms. The van der Waals surface area contributed by atoms with Gasteiger partial charge in [0.2, 0.25) is 0 Å². The molecule has 21 heavy (non-hydrogen) atoms. The summed E-state index contributed by atoms with van der Waals surface area (Å²) in [6.45, 7) is 3.21. The van der Waals surface area contributed by atoms with E-state index in [1.165, 1.54) is 43.2 Å². The second-order valence-electron chi connectivity index (χ2n) is 6.76. The minimum absolute atomic E-state index is 0.237. The summed E-state index contributed by atoms with van der Waals surface area (Å²) >= 11 is 0. The fourth-order valence-electron chi connectivity index (χ4n) is 4.39. The van der Waals surface area contributed by atoms with Gasteiger partial charge in [-0.1, -0.05) is 50.5 Å². The largest absolute Gasteiger partial charge is 0.372 e. The number of hydrogen-bond donors (Lipinski definition) is 1. The molecule has 0 bridgehead atoms. The van der Waals surface area contributed by atoms with E-state index in [9.17, 15) is 0 Å². The highest BCUT2D eigenvalue weighted by Gasteiger charge is 2.35. The molecule has 3 rings (SSSR count). The molecule has 4 atom stereocenters. The molecule has 0 saturated heterocycles. The van der Waals surface area contributed by atoms with Crippen molar-refractivity contribution in [3.8, 4) is 0 Å². The van der Waals surface area contributed by atoms with Crippen molar-refractivity contribution < 1.29 is 4.74 Å². The van der Waals surface area contributed by atoms with Crippen molar-refractivity contribution in [2.75, 3.05) is 13.7 Å². The van der Waals surface area contributed by atoms with Gasteiger partial charge in [0.25, 0.3) is 0 Å². The van der Waals surface area contributed by atoms with Crippen molar-refractivity contribution in [3.63, 3.8) is 0 Å². The lowest BCUT2D eigenvalue weighted by Gasteiger charge is -2.40. The van der Waals surface area contributed by atoms with Crippen LogP contribution in [-0.2, 0) is 11.2 Å². The lowest BCUT2D eigenvalue weighted by molar-refractivity contribution is -0.00692. The Balaban J connectivity index is 1.80. The summed E-state index contributed by atoms with van der Waals surface area (Å²) in [4.78, 5) is 0. The fraction of sp³-hybridized carbons (Fsp3) is 0.684. The normalized spacial score (nSPS) is 30.7. The molecule has 116 valence electrons. The minimum atomic E-state index is 0.237. The highest BCUT2D eigenvalue weighted by Crippen LogP contribution is 2.39. The van der Waals surface area contributed by atoms with E-state index in [0.29, 0.717) is 6.04 Å². The predicted octanol–water partition coefficient (Wildman–Crippen LogP) is 4.10. The van der Waals surface area contributed by atoms with E-state index < -0.39 is 0 Å². The zero-order valence-corrected chi connectivity index (χ0v) is 13.5. The summed E-state index contributed by atoms with van der Waals surface area (Å²) in [6.07, 6.45) is 8.15. The van der Waals surface area contributed by atoms with E-state index in [-0.39, 0.29) is 6.10 Å². The van der Waals surface area contributed by atoms with Crippen molar-refractivity contribution in [3.05, 3.63) is 35.4 Å². The smallest absolute Gasteiger partial charge is 0.0983 e. The molecule has 1 aromatic carbocycles. The zero-order valence-electron chi connectivity index (χ0n) is 13.5. The quantitative estimate of drug-likeness (QED) is 0.900. The molecule has 2 nitrogen and oxygen atoms in total. The predicted molar refractivity (Wildman–Crippen MR) is 87.4 cm³/mol. The number of benzene rings is 1. The van der Waals surface area contributed by atoms with E-state index >= 15 is 0 Å². The molecule has 1 N–H and O–H groups in total. The van der Waals surface area contributed by atoms with E-state index in [4.69, 9.17) is 4.74 Å². The highest BCUT2D eigenvalue weighted by molar-refractivity contribution is 5.32. The third kappa shape index (κ3) is 3.17. The van der Waals surface area contributed by atoms with Crippen LogP contribution >= 0.6 is 0 Å². The van der Waals surface area contributed by atoms with Crippen LogP contribution in [0.3, 0.4) is 0 Å². The number of nitrogens with one attached hydrogen (secondary N) is 1. The molecule has 0 aromatic heterocycles. The maximum Gasteiger partial charge on any atom is 0.0983 e. The SMILES string of the molecule is CCC1CCCC(C(NC)C2OCCc3ccccc32)C1. The van der Waals surface area contributed by atoms with Crippen molar-refractivity contribution in [1.82, 2.24) is 5.32 Å². The van der Waals surface area contributed by atoms with Gasteiger partial charge in [-0.25, -0.2) is 0 Å². The minimum Gasteiger partial charge on any atom is -0.372 e. The Hall–Kier alpha value is -0.860. The molecule has 1 fully saturated rings. The van der Waals surface area contributed by atoms with Crippen LogP contribution in [0.5, 0.6) is 0 Å². The summed E-state index contributed by atoms with van der Waals surface area (Å²) in [5, 5.41) is 3.60. The molecule has 1 aliphatic carbocycles. The topological polar surface area (TPSA) is 21.3 Å². The summed E-state index contributed by atoms with van der Waals surface area (Å²) in [5.41, 5.74) is 2.90. The first-order valence-corrected chi connectivity index (χ1v) is 8.70. The zero-order chi connectivity index (χ0) is 14.7. The molecule has 1 aliphatic heterocycles. The lowest BCUT2D eigenvalue weighted by Crippen LogP contribution is -2.43. The molecule has 2 aliphatic rings. The summed E-state index contributed by atoms with van der Waals surface area (Å²) in [6, 6.07) is 9.31. The van der Waals surface area contributed by atoms with Crippen molar-refractivity contribution in [2.24, 2.45) is 11.8 Å². The molecular formula is C19H29NO. The number of hydrogen-bond acceptors (Lipinski definition) is 2. The number of ether oxygens (including phenoxy) is 1. The maximum atomic E-state index is 6.22. The van der Waals surface area contributed by atoms with Gasteiger partial charge < -0.3 is 10.1 Å². The Morgan fingerprint density at radius 2 is 2.14 bits per heavy atom. The van der Waals surface area contributed by atoms with Gasteiger partial charge in [0.05, 0.1) is 12.7 Å². The molecule has 4 unspecified atom stereocenters.